The summed E-state index contributed by atoms with van der Waals surface area (Å²) in [6.07, 6.45) is -1.05. The van der Waals surface area contributed by atoms with E-state index in [9.17, 15) is 24.0 Å². The van der Waals surface area contributed by atoms with E-state index in [0.717, 1.165) is 0 Å². The third kappa shape index (κ3) is 11.5. The van der Waals surface area contributed by atoms with Crippen LogP contribution in [0.3, 0.4) is 0 Å². The molecule has 0 saturated heterocycles. The summed E-state index contributed by atoms with van der Waals surface area (Å²) in [4.78, 5) is 59.3. The molecule has 0 aromatic carbocycles. The van der Waals surface area contributed by atoms with Crippen molar-refractivity contribution < 1.29 is 47.7 Å². The number of rotatable bonds is 11. The summed E-state index contributed by atoms with van der Waals surface area (Å²) in [7, 11) is 0. The van der Waals surface area contributed by atoms with Crippen molar-refractivity contribution in [1.82, 2.24) is 5.32 Å². The molecule has 0 radical (unpaired) electrons. The van der Waals surface area contributed by atoms with E-state index in [1.54, 1.807) is 34.6 Å². The molecule has 0 heterocycles. The van der Waals surface area contributed by atoms with Gasteiger partial charge in [0.15, 0.2) is 0 Å². The minimum absolute atomic E-state index is 0.0361. The minimum atomic E-state index is -1.31. The SMILES string of the molecule is CCOC(=O)[C@H](NC(=O)OCOC(=O)C(C)C)C(C)(C)SC(=O)OCOC(=O)C(C)C. The second-order valence-corrected chi connectivity index (χ2v) is 8.92. The van der Waals surface area contributed by atoms with Gasteiger partial charge < -0.3 is 29.0 Å². The molecule has 0 rings (SSSR count). The van der Waals surface area contributed by atoms with Crippen LogP contribution in [0.15, 0.2) is 0 Å². The Bertz CT molecular complexity index is 648. The fourth-order valence-corrected chi connectivity index (χ4v) is 2.62. The Kier molecular flexibility index (Phi) is 12.6. The molecular formula is C19H31NO10S. The Hall–Kier alpha value is -2.50. The largest absolute Gasteiger partial charge is 0.464 e. The molecule has 0 aliphatic heterocycles. The van der Waals surface area contributed by atoms with Crippen LogP contribution in [0.1, 0.15) is 48.5 Å². The highest BCUT2D eigenvalue weighted by Gasteiger charge is 2.41. The number of carbonyl (C=O) groups is 5. The van der Waals surface area contributed by atoms with Crippen molar-refractivity contribution in [2.75, 3.05) is 20.2 Å². The summed E-state index contributed by atoms with van der Waals surface area (Å²) >= 11 is 0.590. The topological polar surface area (TPSA) is 144 Å². The minimum Gasteiger partial charge on any atom is -0.464 e. The fraction of sp³-hybridized carbons (Fsp3) is 0.737. The van der Waals surface area contributed by atoms with Crippen molar-refractivity contribution in [3.05, 3.63) is 0 Å². The second-order valence-electron chi connectivity index (χ2n) is 7.33. The zero-order chi connectivity index (χ0) is 24.2. The van der Waals surface area contributed by atoms with Crippen molar-refractivity contribution in [2.24, 2.45) is 11.8 Å². The Balaban J connectivity index is 4.94. The highest BCUT2D eigenvalue weighted by atomic mass is 32.2. The molecule has 1 amide bonds. The van der Waals surface area contributed by atoms with Crippen LogP contribution in [-0.4, -0.2) is 60.3 Å². The number of thioether (sulfide) groups is 1. The molecule has 0 bridgehead atoms. The highest BCUT2D eigenvalue weighted by molar-refractivity contribution is 8.14. The number of amides is 1. The molecule has 0 spiro atoms. The number of alkyl carbamates (subject to hydrolysis) is 1. The highest BCUT2D eigenvalue weighted by Crippen LogP contribution is 2.31. The number of hydrogen-bond donors (Lipinski definition) is 1. The van der Waals surface area contributed by atoms with Gasteiger partial charge in [0.25, 0.3) is 0 Å². The molecule has 12 heteroatoms. The molecule has 11 nitrogen and oxygen atoms in total. The fourth-order valence-electron chi connectivity index (χ4n) is 1.81. The molecule has 0 aliphatic carbocycles. The van der Waals surface area contributed by atoms with Crippen LogP contribution in [0.2, 0.25) is 0 Å². The monoisotopic (exact) mass is 465 g/mol. The molecule has 1 atom stereocenters. The summed E-state index contributed by atoms with van der Waals surface area (Å²) in [6, 6.07) is -1.31. The van der Waals surface area contributed by atoms with E-state index in [0.29, 0.717) is 11.8 Å². The number of nitrogens with one attached hydrogen (secondary N) is 1. The Morgan fingerprint density at radius 1 is 0.774 bits per heavy atom. The van der Waals surface area contributed by atoms with Gasteiger partial charge in [-0.1, -0.05) is 27.7 Å². The molecule has 0 aliphatic rings. The maximum Gasteiger partial charge on any atom is 0.410 e. The van der Waals surface area contributed by atoms with Crippen LogP contribution in [-0.2, 0) is 38.1 Å². The standard InChI is InChI=1S/C19H31NO10S/c1-8-26-16(23)13(20-17(24)29-9-27-14(21)11(2)3)19(6,7)31-18(25)30-10-28-15(22)12(4)5/h11-13H,8-10H2,1-7H3,(H,20,24)/t13-/m0/s1. The van der Waals surface area contributed by atoms with Gasteiger partial charge >= 0.3 is 29.3 Å². The molecule has 178 valence electrons. The summed E-state index contributed by atoms with van der Waals surface area (Å²) in [5, 5.41) is 1.46. The second kappa shape index (κ2) is 13.7. The van der Waals surface area contributed by atoms with Gasteiger partial charge in [-0.15, -0.1) is 0 Å². The van der Waals surface area contributed by atoms with Crippen LogP contribution in [0.25, 0.3) is 0 Å². The quantitative estimate of drug-likeness (QED) is 0.273. The third-order valence-electron chi connectivity index (χ3n) is 3.54. The van der Waals surface area contributed by atoms with Gasteiger partial charge in [0.2, 0.25) is 13.6 Å². The van der Waals surface area contributed by atoms with E-state index in [4.69, 9.17) is 23.7 Å². The number of ether oxygens (including phenoxy) is 5. The summed E-state index contributed by atoms with van der Waals surface area (Å²) in [5.41, 5.74) is 0. The van der Waals surface area contributed by atoms with E-state index in [2.05, 4.69) is 5.32 Å². The van der Waals surface area contributed by atoms with Gasteiger partial charge in [-0.3, -0.25) is 9.59 Å². The summed E-state index contributed by atoms with van der Waals surface area (Å²) < 4.78 is 22.8. The maximum absolute atomic E-state index is 12.3. The van der Waals surface area contributed by atoms with Crippen molar-refractivity contribution >= 4 is 41.1 Å². The molecule has 0 fully saturated rings. The Labute approximate surface area is 185 Å². The smallest absolute Gasteiger partial charge is 0.410 e. The Morgan fingerprint density at radius 2 is 1.26 bits per heavy atom. The van der Waals surface area contributed by atoms with Crippen molar-refractivity contribution in [3.63, 3.8) is 0 Å². The lowest BCUT2D eigenvalue weighted by Gasteiger charge is -2.31. The van der Waals surface area contributed by atoms with Gasteiger partial charge in [-0.2, -0.15) is 0 Å². The molecule has 0 unspecified atom stereocenters. The average molecular weight is 466 g/mol. The van der Waals surface area contributed by atoms with Gasteiger partial charge in [-0.05, 0) is 32.5 Å². The predicted molar refractivity (Wildman–Crippen MR) is 110 cm³/mol. The first-order chi connectivity index (χ1) is 14.3. The normalized spacial score (nSPS) is 12.0. The number of esters is 3. The lowest BCUT2D eigenvalue weighted by Crippen LogP contribution is -2.53. The van der Waals surface area contributed by atoms with E-state index in [-0.39, 0.29) is 12.5 Å². The van der Waals surface area contributed by atoms with Gasteiger partial charge in [-0.25, -0.2) is 14.4 Å². The summed E-state index contributed by atoms with van der Waals surface area (Å²) in [6.45, 7) is 9.86. The lowest BCUT2D eigenvalue weighted by molar-refractivity contribution is -0.156. The molecule has 0 aromatic rings. The van der Waals surface area contributed by atoms with Crippen LogP contribution < -0.4 is 5.32 Å². The Morgan fingerprint density at radius 3 is 1.71 bits per heavy atom. The van der Waals surface area contributed by atoms with Crippen LogP contribution >= 0.6 is 11.8 Å². The third-order valence-corrected chi connectivity index (χ3v) is 4.58. The number of carbonyl (C=O) groups excluding carboxylic acids is 5. The molecular weight excluding hydrogens is 434 g/mol. The predicted octanol–water partition coefficient (Wildman–Crippen LogP) is 2.61. The van der Waals surface area contributed by atoms with Crippen molar-refractivity contribution in [1.29, 1.82) is 0 Å². The first-order valence-corrected chi connectivity index (χ1v) is 10.4. The summed E-state index contributed by atoms with van der Waals surface area (Å²) in [5.74, 6) is -2.70. The lowest BCUT2D eigenvalue weighted by atomic mass is 10.0. The first-order valence-electron chi connectivity index (χ1n) is 9.60. The van der Waals surface area contributed by atoms with Crippen LogP contribution in [0.4, 0.5) is 9.59 Å². The molecule has 0 aromatic heterocycles. The zero-order valence-corrected chi connectivity index (χ0v) is 19.7. The van der Waals surface area contributed by atoms with Gasteiger partial charge in [0, 0.05) is 0 Å². The molecule has 31 heavy (non-hydrogen) atoms. The van der Waals surface area contributed by atoms with E-state index >= 15 is 0 Å². The molecule has 0 saturated carbocycles. The van der Waals surface area contributed by atoms with Crippen molar-refractivity contribution in [2.45, 2.75) is 59.3 Å². The molecule has 1 N–H and O–H groups in total. The maximum atomic E-state index is 12.3. The van der Waals surface area contributed by atoms with Gasteiger partial charge in [0.1, 0.15) is 6.04 Å². The van der Waals surface area contributed by atoms with E-state index in [1.807, 2.05) is 0 Å². The van der Waals surface area contributed by atoms with E-state index in [1.165, 1.54) is 13.8 Å². The van der Waals surface area contributed by atoms with Gasteiger partial charge in [0.05, 0.1) is 23.2 Å². The number of hydrogen-bond acceptors (Lipinski definition) is 11. The van der Waals surface area contributed by atoms with Crippen LogP contribution in [0.5, 0.6) is 0 Å². The average Bonchev–Trinajstić information content (AvgIpc) is 2.65. The van der Waals surface area contributed by atoms with Crippen LogP contribution in [0, 0.1) is 11.8 Å². The zero-order valence-electron chi connectivity index (χ0n) is 18.8. The first kappa shape index (κ1) is 28.5. The van der Waals surface area contributed by atoms with Crippen molar-refractivity contribution in [3.8, 4) is 0 Å². The van der Waals surface area contributed by atoms with E-state index < -0.39 is 59.6 Å².